The van der Waals surface area contributed by atoms with Crippen molar-refractivity contribution in [3.63, 3.8) is 0 Å². The third-order valence-corrected chi connectivity index (χ3v) is 15.3. The van der Waals surface area contributed by atoms with E-state index in [0.29, 0.717) is 53.2 Å². The Morgan fingerprint density at radius 3 is 2.33 bits per heavy atom. The van der Waals surface area contributed by atoms with Gasteiger partial charge in [-0.25, -0.2) is 18.2 Å². The average Bonchev–Trinajstić information content (AvgIpc) is 4.04. The molecule has 3 N–H and O–H groups in total. The van der Waals surface area contributed by atoms with Crippen molar-refractivity contribution in [2.75, 3.05) is 73.4 Å². The van der Waals surface area contributed by atoms with Crippen molar-refractivity contribution >= 4 is 55.9 Å². The number of fused-ring (bicyclic) bond motifs is 2. The summed E-state index contributed by atoms with van der Waals surface area (Å²) in [4.78, 5) is 56.0. The van der Waals surface area contributed by atoms with Gasteiger partial charge >= 0.3 is 10.2 Å². The Kier molecular flexibility index (Phi) is 11.6. The van der Waals surface area contributed by atoms with Gasteiger partial charge in [0, 0.05) is 117 Å². The highest BCUT2D eigenvalue weighted by Gasteiger charge is 2.39. The fourth-order valence-electron chi connectivity index (χ4n) is 10.1. The van der Waals surface area contributed by atoms with E-state index in [1.165, 1.54) is 6.20 Å². The second-order valence-electron chi connectivity index (χ2n) is 18.0. The summed E-state index contributed by atoms with van der Waals surface area (Å²) in [5, 5.41) is 3.15. The molecule has 14 nitrogen and oxygen atoms in total. The number of hydrogen-bond acceptors (Lipinski definition) is 9. The topological polar surface area (TPSA) is 154 Å². The molecule has 0 saturated carbocycles. The van der Waals surface area contributed by atoms with Crippen molar-refractivity contribution in [1.29, 1.82) is 0 Å². The third-order valence-electron chi connectivity index (χ3n) is 13.8. The minimum atomic E-state index is -4.35. The molecule has 10 rings (SSSR count). The Morgan fingerprint density at radius 2 is 1.61 bits per heavy atom. The normalized spacial score (nSPS) is 21.2. The number of allylic oxidation sites excluding steroid dienone is 1. The highest BCUT2D eigenvalue weighted by atomic mass is 32.2. The first-order valence-corrected chi connectivity index (χ1v) is 23.9. The van der Waals surface area contributed by atoms with Crippen LogP contribution in [0.5, 0.6) is 0 Å². The molecule has 5 aliphatic heterocycles. The second kappa shape index (κ2) is 17.5. The van der Waals surface area contributed by atoms with Crippen molar-refractivity contribution in [3.8, 4) is 11.1 Å². The molecule has 1 unspecified atom stereocenters. The maximum Gasteiger partial charge on any atom is 0.301 e. The molecular weight excluding hydrogens is 872 g/mol. The van der Waals surface area contributed by atoms with Crippen LogP contribution in [-0.2, 0) is 21.5 Å². The number of hydrogen-bond donors (Lipinski definition) is 3. The largest absolute Gasteiger partial charge is 0.372 e. The molecule has 0 aliphatic carbocycles. The van der Waals surface area contributed by atoms with Gasteiger partial charge in [-0.15, -0.1) is 0 Å². The maximum absolute atomic E-state index is 15.8. The summed E-state index contributed by atoms with van der Waals surface area (Å²) in [5.41, 5.74) is 4.83. The van der Waals surface area contributed by atoms with E-state index < -0.39 is 51.1 Å². The average molecular weight is 922 g/mol. The van der Waals surface area contributed by atoms with Crippen molar-refractivity contribution in [3.05, 3.63) is 119 Å². The first-order valence-electron chi connectivity index (χ1n) is 22.5. The summed E-state index contributed by atoms with van der Waals surface area (Å²) in [6.45, 7) is 10.5. The number of nitrogens with zero attached hydrogens (tertiary/aromatic N) is 6. The van der Waals surface area contributed by atoms with Crippen molar-refractivity contribution in [2.45, 2.75) is 50.9 Å². The molecule has 66 heavy (non-hydrogen) atoms. The standard InChI is InChI=1S/C48H50F3N9O5S/c1-29-2-11-42(47(62)54-29)60-27-33-22-36(7-8-37(33)48(60)63)58-20-18-56(19-21-58)26-30-12-15-57(16-13-30)35-5-3-31(4-6-35)32-23-38-39(25-53-46(38)52-24-32)45(61)43-40(50)9-10-41(44(43)51)55-66(64,65)59-17-14-34(49)28-59/h3-10,22-25,30,34,42,55H,1-2,11-21,26-28H2,(H,52,53)(H,54,62)/t34-,42?/m1/s1. The van der Waals surface area contributed by atoms with E-state index in [-0.39, 0.29) is 36.9 Å². The summed E-state index contributed by atoms with van der Waals surface area (Å²) < 4.78 is 73.1. The van der Waals surface area contributed by atoms with Gasteiger partial charge in [0.1, 0.15) is 23.7 Å². The molecule has 2 atom stereocenters. The Bertz CT molecular complexity index is 2860. The number of nitrogens with one attached hydrogen (secondary N) is 3. The fourth-order valence-corrected chi connectivity index (χ4v) is 11.3. The molecule has 4 saturated heterocycles. The first kappa shape index (κ1) is 43.6. The monoisotopic (exact) mass is 921 g/mol. The van der Waals surface area contributed by atoms with Crippen LogP contribution in [0.1, 0.15) is 63.9 Å². The molecule has 18 heteroatoms. The van der Waals surface area contributed by atoms with Crippen LogP contribution in [0.25, 0.3) is 22.2 Å². The van der Waals surface area contributed by atoms with Gasteiger partial charge in [0.15, 0.2) is 5.82 Å². The Hall–Kier alpha value is -6.24. The van der Waals surface area contributed by atoms with E-state index in [9.17, 15) is 27.2 Å². The maximum atomic E-state index is 15.8. The number of anilines is 3. The molecule has 344 valence electrons. The second-order valence-corrected chi connectivity index (χ2v) is 19.6. The number of halogens is 3. The number of carbonyl (C=O) groups is 3. The summed E-state index contributed by atoms with van der Waals surface area (Å²) >= 11 is 0. The van der Waals surface area contributed by atoms with Gasteiger partial charge in [-0.1, -0.05) is 18.7 Å². The SMILES string of the molecule is C=C1CCC(N2Cc3cc(N4CCN(CC5CCN(c6ccc(-c7cnc8[nH]cc(C(=O)c9c(F)ccc(NS(=O)(=O)N%10CC[C@@H](F)C%10)c9F)c8c7)cc6)CC5)CC4)ccc3C2=O)C(=O)N1. The van der Waals surface area contributed by atoms with Gasteiger partial charge in [0.05, 0.1) is 11.3 Å². The van der Waals surface area contributed by atoms with Crippen LogP contribution in [0.3, 0.4) is 0 Å². The summed E-state index contributed by atoms with van der Waals surface area (Å²) in [6, 6.07) is 17.1. The van der Waals surface area contributed by atoms with Crippen LogP contribution in [0.4, 0.5) is 30.2 Å². The molecule has 3 aromatic carbocycles. The van der Waals surface area contributed by atoms with E-state index in [1.54, 1.807) is 17.2 Å². The smallest absolute Gasteiger partial charge is 0.301 e. The first-order chi connectivity index (χ1) is 31.8. The van der Waals surface area contributed by atoms with E-state index in [1.807, 2.05) is 29.0 Å². The number of piperazine rings is 1. The molecule has 5 aromatic rings. The van der Waals surface area contributed by atoms with Crippen molar-refractivity contribution in [2.24, 2.45) is 5.92 Å². The number of benzene rings is 3. The summed E-state index contributed by atoms with van der Waals surface area (Å²) in [6.07, 6.45) is 5.05. The van der Waals surface area contributed by atoms with E-state index in [0.717, 1.165) is 97.6 Å². The molecule has 5 aliphatic rings. The van der Waals surface area contributed by atoms with Gasteiger partial charge in [-0.05, 0) is 97.7 Å². The molecule has 2 amide bonds. The highest BCUT2D eigenvalue weighted by molar-refractivity contribution is 7.90. The number of amides is 2. The number of piperidine rings is 2. The van der Waals surface area contributed by atoms with Crippen molar-refractivity contribution in [1.82, 2.24) is 29.4 Å². The predicted molar refractivity (Wildman–Crippen MR) is 245 cm³/mol. The number of carbonyl (C=O) groups excluding carboxylic acids is 3. The zero-order valence-corrected chi connectivity index (χ0v) is 37.1. The quantitative estimate of drug-likeness (QED) is 0.131. The van der Waals surface area contributed by atoms with Gasteiger partial charge < -0.3 is 25.0 Å². The molecule has 0 radical (unpaired) electrons. The Balaban J connectivity index is 0.730. The molecule has 0 spiro atoms. The number of aromatic nitrogens is 2. The number of rotatable bonds is 11. The lowest BCUT2D eigenvalue weighted by Crippen LogP contribution is -2.49. The van der Waals surface area contributed by atoms with Crippen LogP contribution in [0.15, 0.2) is 85.3 Å². The van der Waals surface area contributed by atoms with Crippen LogP contribution in [0, 0.1) is 17.6 Å². The third kappa shape index (κ3) is 8.41. The lowest BCUT2D eigenvalue weighted by Gasteiger charge is -2.40. The molecule has 2 aromatic heterocycles. The summed E-state index contributed by atoms with van der Waals surface area (Å²) in [5.74, 6) is -3.19. The molecular formula is C48H50F3N9O5S. The van der Waals surface area contributed by atoms with Gasteiger partial charge in [-0.2, -0.15) is 12.7 Å². The van der Waals surface area contributed by atoms with Crippen LogP contribution >= 0.6 is 0 Å². The number of alkyl halides is 1. The van der Waals surface area contributed by atoms with Gasteiger partial charge in [-0.3, -0.25) is 24.0 Å². The number of ketones is 1. The number of aromatic amines is 1. The predicted octanol–water partition coefficient (Wildman–Crippen LogP) is 6.23. The number of H-pyrrole nitrogens is 1. The van der Waals surface area contributed by atoms with E-state index >= 15 is 8.78 Å². The van der Waals surface area contributed by atoms with Gasteiger partial charge in [0.25, 0.3) is 5.91 Å². The zero-order valence-electron chi connectivity index (χ0n) is 36.2. The number of pyridine rings is 1. The van der Waals surface area contributed by atoms with Gasteiger partial charge in [0.2, 0.25) is 11.7 Å². The summed E-state index contributed by atoms with van der Waals surface area (Å²) in [7, 11) is -4.35. The Morgan fingerprint density at radius 1 is 0.864 bits per heavy atom. The minimum Gasteiger partial charge on any atom is -0.372 e. The van der Waals surface area contributed by atoms with E-state index in [2.05, 4.69) is 54.8 Å². The fraction of sp³-hybridized carbons (Fsp3) is 0.375. The van der Waals surface area contributed by atoms with Crippen molar-refractivity contribution < 1.29 is 36.0 Å². The van der Waals surface area contributed by atoms with Crippen LogP contribution < -0.4 is 19.8 Å². The lowest BCUT2D eigenvalue weighted by atomic mass is 9.95. The molecule has 7 heterocycles. The Labute approximate surface area is 380 Å². The zero-order chi connectivity index (χ0) is 45.9. The lowest BCUT2D eigenvalue weighted by molar-refractivity contribution is -0.126. The minimum absolute atomic E-state index is 0.00677. The molecule has 4 fully saturated rings. The highest BCUT2D eigenvalue weighted by Crippen LogP contribution is 2.34. The van der Waals surface area contributed by atoms with Crippen LogP contribution in [-0.4, -0.2) is 121 Å². The van der Waals surface area contributed by atoms with Crippen LogP contribution in [0.2, 0.25) is 0 Å². The molecule has 0 bridgehead atoms. The van der Waals surface area contributed by atoms with E-state index in [4.69, 9.17) is 0 Å².